The first-order chi connectivity index (χ1) is 13.1. The molecule has 1 heterocycles. The van der Waals surface area contributed by atoms with Crippen LogP contribution in [0.4, 0.5) is 0 Å². The fraction of sp³-hybridized carbons (Fsp3) is 0.783. The molecule has 3 nitrogen and oxygen atoms in total. The van der Waals surface area contributed by atoms with Gasteiger partial charge in [0, 0.05) is 0 Å². The second-order valence-corrected chi connectivity index (χ2v) is 28.4. The summed E-state index contributed by atoms with van der Waals surface area (Å²) in [5.74, 6) is 0. The quantitative estimate of drug-likeness (QED) is 0.187. The molecule has 1 aromatic heterocycles. The molecule has 0 aromatic carbocycles. The summed E-state index contributed by atoms with van der Waals surface area (Å²) in [4.78, 5) is 5.02. The first-order valence-electron chi connectivity index (χ1n) is 11.1. The number of nitrogens with zero attached hydrogens (tertiary/aromatic N) is 1. The number of aromatic nitrogens is 1. The van der Waals surface area contributed by atoms with Crippen LogP contribution in [0.5, 0.6) is 0 Å². The monoisotopic (exact) mass is 579 g/mol. The van der Waals surface area contributed by atoms with Crippen molar-refractivity contribution < 1.29 is 8.85 Å². The maximum atomic E-state index is 6.80. The molecule has 0 aliphatic carbocycles. The molecule has 0 N–H and O–H groups in total. The Kier molecular flexibility index (Phi) is 8.89. The highest BCUT2D eigenvalue weighted by Gasteiger charge is 2.41. The lowest BCUT2D eigenvalue weighted by Crippen LogP contribution is -2.45. The normalized spacial score (nSPS) is 15.4. The lowest BCUT2D eigenvalue weighted by atomic mass is 10.1. The van der Waals surface area contributed by atoms with Gasteiger partial charge in [0.15, 0.2) is 16.6 Å². The predicted molar refractivity (Wildman–Crippen MR) is 149 cm³/mol. The van der Waals surface area contributed by atoms with Gasteiger partial charge in [0.2, 0.25) is 0 Å². The van der Waals surface area contributed by atoms with Gasteiger partial charge in [-0.1, -0.05) is 66.4 Å². The zero-order chi connectivity index (χ0) is 23.9. The first-order valence-corrected chi connectivity index (χ1v) is 21.5. The lowest BCUT2D eigenvalue weighted by molar-refractivity contribution is 0.193. The van der Waals surface area contributed by atoms with Crippen molar-refractivity contribution in [1.82, 2.24) is 4.98 Å². The Morgan fingerprint density at radius 2 is 1.37 bits per heavy atom. The van der Waals surface area contributed by atoms with Gasteiger partial charge < -0.3 is 8.85 Å². The van der Waals surface area contributed by atoms with Crippen LogP contribution in [0.3, 0.4) is 0 Å². The number of hydrogen-bond acceptors (Lipinski definition) is 3. The number of rotatable bonds is 7. The molecule has 0 aliphatic heterocycles. The zero-order valence-corrected chi connectivity index (χ0v) is 27.2. The molecule has 174 valence electrons. The van der Waals surface area contributed by atoms with Gasteiger partial charge in [-0.25, -0.2) is 4.98 Å². The van der Waals surface area contributed by atoms with Crippen molar-refractivity contribution >= 4 is 52.5 Å². The number of hydrogen-bond donors (Lipinski definition) is 0. The Hall–Kier alpha value is 0.451. The van der Waals surface area contributed by atoms with E-state index >= 15 is 0 Å². The molecule has 0 amide bonds. The highest BCUT2D eigenvalue weighted by atomic mass is 127. The number of pyridine rings is 1. The molecular formula is C23H46INO2Si3. The van der Waals surface area contributed by atoms with Crippen LogP contribution in [0.1, 0.15) is 65.8 Å². The van der Waals surface area contributed by atoms with Gasteiger partial charge >= 0.3 is 0 Å². The van der Waals surface area contributed by atoms with Crippen molar-refractivity contribution in [3.63, 3.8) is 0 Å². The third kappa shape index (κ3) is 6.97. The Bertz CT molecular complexity index is 745. The van der Waals surface area contributed by atoms with Crippen LogP contribution in [0.15, 0.2) is 6.07 Å². The summed E-state index contributed by atoms with van der Waals surface area (Å²) >= 11 is 2.37. The van der Waals surface area contributed by atoms with Crippen LogP contribution in [0.25, 0.3) is 0 Å². The van der Waals surface area contributed by atoms with Crippen LogP contribution >= 0.6 is 22.6 Å². The van der Waals surface area contributed by atoms with Crippen molar-refractivity contribution in [2.45, 2.75) is 117 Å². The number of halogens is 1. The topological polar surface area (TPSA) is 31.4 Å². The van der Waals surface area contributed by atoms with E-state index in [1.807, 2.05) is 0 Å². The summed E-state index contributed by atoms with van der Waals surface area (Å²) in [6.07, 6.45) is -0.0336. The van der Waals surface area contributed by atoms with Gasteiger partial charge in [-0.05, 0) is 77.4 Å². The van der Waals surface area contributed by atoms with Crippen LogP contribution in [-0.4, -0.2) is 29.7 Å². The molecule has 30 heavy (non-hydrogen) atoms. The summed E-state index contributed by atoms with van der Waals surface area (Å²) in [5, 5.41) is 1.82. The summed E-state index contributed by atoms with van der Waals surface area (Å²) in [7, 11) is -5.35. The second-order valence-electron chi connectivity index (χ2n) is 12.7. The van der Waals surface area contributed by atoms with E-state index in [-0.39, 0.29) is 16.2 Å². The van der Waals surface area contributed by atoms with Crippen LogP contribution in [0, 0.1) is 3.70 Å². The maximum Gasteiger partial charge on any atom is 0.192 e. The van der Waals surface area contributed by atoms with Gasteiger partial charge in [-0.15, -0.1) is 0 Å². The molecule has 0 spiro atoms. The van der Waals surface area contributed by atoms with E-state index in [1.165, 1.54) is 10.8 Å². The molecule has 0 saturated heterocycles. The van der Waals surface area contributed by atoms with Crippen LogP contribution < -0.4 is 5.19 Å². The van der Waals surface area contributed by atoms with Gasteiger partial charge in [0.25, 0.3) is 0 Å². The minimum atomic E-state index is -1.91. The zero-order valence-electron chi connectivity index (χ0n) is 22.0. The molecule has 1 rings (SSSR count). The van der Waals surface area contributed by atoms with Gasteiger partial charge in [0.1, 0.15) is 3.70 Å². The third-order valence-corrected chi connectivity index (χ3v) is 18.6. The standard InChI is InChI=1S/C23H46INO2Si3/c1-17(27-30(13,14)23(5,6)7)21-18(16-26-29(11,12)22(2,3)4)19(28(8,9)10)15-20(24)25-21/h15,17H,16H2,1-14H3/t17-/m0/s1. The van der Waals surface area contributed by atoms with Crippen molar-refractivity contribution in [2.75, 3.05) is 0 Å². The molecular weight excluding hydrogens is 533 g/mol. The lowest BCUT2D eigenvalue weighted by Gasteiger charge is -2.39. The smallest absolute Gasteiger partial charge is 0.192 e. The van der Waals surface area contributed by atoms with Gasteiger partial charge in [0.05, 0.1) is 26.5 Å². The summed E-state index contributed by atoms with van der Waals surface area (Å²) in [5.41, 5.74) is 2.37. The molecule has 0 fully saturated rings. The predicted octanol–water partition coefficient (Wildman–Crippen LogP) is 7.84. The minimum absolute atomic E-state index is 0.0336. The van der Waals surface area contributed by atoms with E-state index in [0.717, 1.165) is 9.39 Å². The van der Waals surface area contributed by atoms with Crippen molar-refractivity contribution in [3.05, 3.63) is 21.0 Å². The Morgan fingerprint density at radius 1 is 0.900 bits per heavy atom. The Balaban J connectivity index is 3.50. The molecule has 0 radical (unpaired) electrons. The Labute approximate surface area is 203 Å². The molecule has 0 aliphatic rings. The second kappa shape index (κ2) is 9.37. The molecule has 1 atom stereocenters. The highest BCUT2D eigenvalue weighted by molar-refractivity contribution is 14.1. The summed E-state index contributed by atoms with van der Waals surface area (Å²) < 4.78 is 14.6. The highest BCUT2D eigenvalue weighted by Crippen LogP contribution is 2.41. The fourth-order valence-electron chi connectivity index (χ4n) is 2.86. The van der Waals surface area contributed by atoms with E-state index in [9.17, 15) is 0 Å². The van der Waals surface area contributed by atoms with E-state index in [0.29, 0.717) is 6.61 Å². The molecule has 1 aromatic rings. The van der Waals surface area contributed by atoms with Crippen molar-refractivity contribution in [2.24, 2.45) is 0 Å². The molecule has 0 saturated carbocycles. The van der Waals surface area contributed by atoms with Crippen molar-refractivity contribution in [1.29, 1.82) is 0 Å². The summed E-state index contributed by atoms with van der Waals surface area (Å²) in [6.45, 7) is 33.2. The van der Waals surface area contributed by atoms with E-state index in [4.69, 9.17) is 13.8 Å². The van der Waals surface area contributed by atoms with E-state index in [2.05, 4.69) is 123 Å². The van der Waals surface area contributed by atoms with Gasteiger partial charge in [-0.2, -0.15) is 0 Å². The summed E-state index contributed by atoms with van der Waals surface area (Å²) in [6, 6.07) is 2.29. The average molecular weight is 580 g/mol. The molecule has 7 heteroatoms. The van der Waals surface area contributed by atoms with Crippen LogP contribution in [0.2, 0.25) is 55.9 Å². The third-order valence-electron chi connectivity index (χ3n) is 6.98. The first kappa shape index (κ1) is 28.5. The molecule has 0 unspecified atom stereocenters. The minimum Gasteiger partial charge on any atom is -0.412 e. The maximum absolute atomic E-state index is 6.80. The van der Waals surface area contributed by atoms with E-state index in [1.54, 1.807) is 0 Å². The van der Waals surface area contributed by atoms with Gasteiger partial charge in [-0.3, -0.25) is 0 Å². The van der Waals surface area contributed by atoms with E-state index < -0.39 is 24.7 Å². The SMILES string of the molecule is C[C@H](O[Si](C)(C)C(C)(C)C)c1nc(I)cc([Si](C)(C)C)c1CO[Si](C)(C)C(C)(C)C. The van der Waals surface area contributed by atoms with Crippen molar-refractivity contribution in [3.8, 4) is 0 Å². The molecule has 0 bridgehead atoms. The van der Waals surface area contributed by atoms with Crippen LogP contribution in [-0.2, 0) is 15.5 Å². The average Bonchev–Trinajstić information content (AvgIpc) is 2.49. The fourth-order valence-corrected chi connectivity index (χ4v) is 7.69. The Morgan fingerprint density at radius 3 is 1.77 bits per heavy atom. The largest absolute Gasteiger partial charge is 0.412 e.